The van der Waals surface area contributed by atoms with Crippen LogP contribution >= 0.6 is 0 Å². The number of rotatable bonds is 0. The molecule has 0 spiro atoms. The number of nitrogens with two attached hydrogens (primary N) is 1. The van der Waals surface area contributed by atoms with Crippen LogP contribution < -0.4 is 5.73 Å². The second kappa shape index (κ2) is 4.85. The first kappa shape index (κ1) is 9.28. The van der Waals surface area contributed by atoms with Crippen molar-refractivity contribution < 1.29 is 46.5 Å². The minimum Gasteiger partial charge on any atom is -0.370 e. The average molecular weight is 199 g/mol. The van der Waals surface area contributed by atoms with Crippen LogP contribution in [0.25, 0.3) is 0 Å². The maximum absolute atomic E-state index is 9.22. The van der Waals surface area contributed by atoms with Crippen LogP contribution in [0.4, 0.5) is 0 Å². The fourth-order valence-electron chi connectivity index (χ4n) is 0. The SMILES string of the molecule is CC(N)=O.[Ce]. The van der Waals surface area contributed by atoms with E-state index < -0.39 is 0 Å². The van der Waals surface area contributed by atoms with Gasteiger partial charge in [0.15, 0.2) is 0 Å². The summed E-state index contributed by atoms with van der Waals surface area (Å²) in [7, 11) is 0. The van der Waals surface area contributed by atoms with Crippen LogP contribution in [-0.2, 0) is 4.79 Å². The molecule has 0 fully saturated rings. The fraction of sp³-hybridized carbons (Fsp3) is 0.500. The maximum Gasteiger partial charge on any atom is 0.214 e. The van der Waals surface area contributed by atoms with Gasteiger partial charge in [-0.1, -0.05) is 0 Å². The molecule has 2 N–H and O–H groups in total. The Balaban J connectivity index is 0. The molecular weight excluding hydrogens is 194 g/mol. The first-order valence-corrected chi connectivity index (χ1v) is 0.993. The minimum atomic E-state index is -0.333. The van der Waals surface area contributed by atoms with E-state index in [1.807, 2.05) is 0 Å². The molecule has 0 rings (SSSR count). The molecule has 0 unspecified atom stereocenters. The molecule has 0 aromatic heterocycles. The average Bonchev–Trinajstić information content (AvgIpc) is 0.811. The number of carbonyl (C=O) groups excluding carboxylic acids is 1. The standard InChI is InChI=1S/C2H5NO.Ce/c1-2(3)4;/h1H3,(H2,3,4);. The van der Waals surface area contributed by atoms with Crippen LogP contribution in [-0.4, -0.2) is 5.91 Å². The van der Waals surface area contributed by atoms with Crippen molar-refractivity contribution >= 4 is 5.91 Å². The van der Waals surface area contributed by atoms with Crippen LogP contribution in [0.15, 0.2) is 0 Å². The molecule has 0 aliphatic carbocycles. The number of hydrogen-bond donors (Lipinski definition) is 1. The summed E-state index contributed by atoms with van der Waals surface area (Å²) in [6, 6.07) is 0. The van der Waals surface area contributed by atoms with E-state index in [9.17, 15) is 4.79 Å². The number of carbonyl (C=O) groups is 1. The maximum atomic E-state index is 9.22. The Labute approximate surface area is 64.5 Å². The van der Waals surface area contributed by atoms with Gasteiger partial charge in [-0.25, -0.2) is 0 Å². The summed E-state index contributed by atoms with van der Waals surface area (Å²) in [5.74, 6) is -0.333. The van der Waals surface area contributed by atoms with Crippen molar-refractivity contribution in [2.75, 3.05) is 0 Å². The van der Waals surface area contributed by atoms with Gasteiger partial charge in [-0.2, -0.15) is 0 Å². The van der Waals surface area contributed by atoms with E-state index in [0.717, 1.165) is 0 Å². The van der Waals surface area contributed by atoms with Gasteiger partial charge in [0.2, 0.25) is 5.91 Å². The van der Waals surface area contributed by atoms with Crippen molar-refractivity contribution in [1.29, 1.82) is 0 Å². The van der Waals surface area contributed by atoms with E-state index in [4.69, 9.17) is 0 Å². The Hall–Kier alpha value is 0.847. The first-order chi connectivity index (χ1) is 1.73. The second-order valence-electron chi connectivity index (χ2n) is 0.611. The van der Waals surface area contributed by atoms with Crippen molar-refractivity contribution in [3.8, 4) is 0 Å². The topological polar surface area (TPSA) is 43.1 Å². The molecule has 2 nitrogen and oxygen atoms in total. The van der Waals surface area contributed by atoms with E-state index in [-0.39, 0.29) is 47.7 Å². The van der Waals surface area contributed by atoms with Gasteiger partial charge in [0.05, 0.1) is 0 Å². The largest absolute Gasteiger partial charge is 0.370 e. The molecule has 0 aromatic rings. The number of primary amides is 1. The summed E-state index contributed by atoms with van der Waals surface area (Å²) in [6.07, 6.45) is 0. The predicted molar refractivity (Wildman–Crippen MR) is 14.9 cm³/mol. The van der Waals surface area contributed by atoms with Crippen molar-refractivity contribution in [1.82, 2.24) is 0 Å². The molecule has 0 saturated heterocycles. The van der Waals surface area contributed by atoms with E-state index >= 15 is 0 Å². The molecule has 0 aliphatic rings. The molecular formula is C2H5CeNO. The third-order valence-electron chi connectivity index (χ3n) is 0. The minimum absolute atomic E-state index is 0. The van der Waals surface area contributed by atoms with Gasteiger partial charge in [0.25, 0.3) is 0 Å². The number of hydrogen-bond acceptors (Lipinski definition) is 1. The normalized spacial score (nSPS) is 5.00. The van der Waals surface area contributed by atoms with Gasteiger partial charge in [-0.15, -0.1) is 0 Å². The zero-order chi connectivity index (χ0) is 3.58. The molecule has 28 valence electrons. The van der Waals surface area contributed by atoms with Gasteiger partial charge < -0.3 is 5.73 Å². The molecule has 3 heteroatoms. The molecule has 1 amide bonds. The third-order valence-corrected chi connectivity index (χ3v) is 0. The molecule has 5 heavy (non-hydrogen) atoms. The van der Waals surface area contributed by atoms with Gasteiger partial charge >= 0.3 is 0 Å². The fourth-order valence-corrected chi connectivity index (χ4v) is 0. The van der Waals surface area contributed by atoms with Crippen LogP contribution in [0.2, 0.25) is 0 Å². The molecule has 0 saturated carbocycles. The van der Waals surface area contributed by atoms with Gasteiger partial charge in [-0.05, 0) is 0 Å². The Morgan fingerprint density at radius 2 is 1.80 bits per heavy atom. The van der Waals surface area contributed by atoms with E-state index in [2.05, 4.69) is 5.73 Å². The molecule has 0 heterocycles. The Morgan fingerprint density at radius 3 is 1.80 bits per heavy atom. The smallest absolute Gasteiger partial charge is 0.214 e. The Kier molecular flexibility index (Phi) is 9.00. The molecule has 0 radical (unpaired) electrons. The van der Waals surface area contributed by atoms with Crippen LogP contribution in [0.3, 0.4) is 0 Å². The molecule has 0 atom stereocenters. The molecule has 0 aromatic carbocycles. The molecule has 0 aliphatic heterocycles. The second-order valence-corrected chi connectivity index (χ2v) is 0.611. The summed E-state index contributed by atoms with van der Waals surface area (Å²) in [5, 5.41) is 0. The van der Waals surface area contributed by atoms with E-state index in [1.54, 1.807) is 0 Å². The predicted octanol–water partition coefficient (Wildman–Crippen LogP) is -0.508. The summed E-state index contributed by atoms with van der Waals surface area (Å²) >= 11 is 0. The Morgan fingerprint density at radius 1 is 1.80 bits per heavy atom. The van der Waals surface area contributed by atoms with Gasteiger partial charge in [0.1, 0.15) is 0 Å². The molecule has 0 bridgehead atoms. The van der Waals surface area contributed by atoms with Gasteiger partial charge in [-0.3, -0.25) is 4.79 Å². The van der Waals surface area contributed by atoms with Crippen LogP contribution in [0.5, 0.6) is 0 Å². The van der Waals surface area contributed by atoms with E-state index in [0.29, 0.717) is 0 Å². The monoisotopic (exact) mass is 199 g/mol. The van der Waals surface area contributed by atoms with Crippen LogP contribution in [0.1, 0.15) is 6.92 Å². The van der Waals surface area contributed by atoms with Crippen molar-refractivity contribution in [3.63, 3.8) is 0 Å². The van der Waals surface area contributed by atoms with Crippen molar-refractivity contribution in [3.05, 3.63) is 0 Å². The van der Waals surface area contributed by atoms with Gasteiger partial charge in [0, 0.05) is 48.7 Å². The summed E-state index contributed by atoms with van der Waals surface area (Å²) < 4.78 is 0. The zero-order valence-electron chi connectivity index (χ0n) is 2.99. The Bertz CT molecular complexity index is 32.6. The third kappa shape index (κ3) is 54.8. The summed E-state index contributed by atoms with van der Waals surface area (Å²) in [4.78, 5) is 9.22. The van der Waals surface area contributed by atoms with Crippen molar-refractivity contribution in [2.45, 2.75) is 6.92 Å². The summed E-state index contributed by atoms with van der Waals surface area (Å²) in [5.41, 5.74) is 4.47. The summed E-state index contributed by atoms with van der Waals surface area (Å²) in [6.45, 7) is 1.31. The van der Waals surface area contributed by atoms with Crippen molar-refractivity contribution in [2.24, 2.45) is 5.73 Å². The quantitative estimate of drug-likeness (QED) is 0.561. The first-order valence-electron chi connectivity index (χ1n) is 0.993. The van der Waals surface area contributed by atoms with E-state index in [1.165, 1.54) is 6.92 Å². The number of amides is 1. The van der Waals surface area contributed by atoms with Crippen LogP contribution in [0, 0.1) is 41.7 Å². The zero-order valence-corrected chi connectivity index (χ0v) is 6.13.